The van der Waals surface area contributed by atoms with Crippen LogP contribution in [-0.2, 0) is 0 Å². The predicted molar refractivity (Wildman–Crippen MR) is 168 cm³/mol. The predicted octanol–water partition coefficient (Wildman–Crippen LogP) is 11.6. The van der Waals surface area contributed by atoms with Gasteiger partial charge in [0.1, 0.15) is 0 Å². The Morgan fingerprint density at radius 2 is 1.19 bits per heavy atom. The Bertz CT molecular complexity index is 1090. The molecule has 0 saturated carbocycles. The second-order valence-corrected chi connectivity index (χ2v) is 11.4. The third-order valence-electron chi connectivity index (χ3n) is 7.21. The summed E-state index contributed by atoms with van der Waals surface area (Å²) in [6, 6.07) is 0. The lowest BCUT2D eigenvalue weighted by molar-refractivity contribution is 0.377. The summed E-state index contributed by atoms with van der Waals surface area (Å²) in [5.41, 5.74) is 9.87. The second-order valence-electron chi connectivity index (χ2n) is 11.4. The van der Waals surface area contributed by atoms with E-state index in [0.717, 1.165) is 0 Å². The highest BCUT2D eigenvalue weighted by molar-refractivity contribution is 5.37. The van der Waals surface area contributed by atoms with Crippen molar-refractivity contribution >= 4 is 0 Å². The number of allylic oxidation sites excluding steroid dienone is 22. The van der Waals surface area contributed by atoms with Crippen molar-refractivity contribution in [3.05, 3.63) is 130 Å². The van der Waals surface area contributed by atoms with E-state index in [9.17, 15) is 0 Å². The Hall–Kier alpha value is -2.86. The zero-order chi connectivity index (χ0) is 27.1. The van der Waals surface area contributed by atoms with E-state index in [4.69, 9.17) is 0 Å². The Morgan fingerprint density at radius 1 is 0.649 bits per heavy atom. The van der Waals surface area contributed by atoms with Crippen molar-refractivity contribution in [3.63, 3.8) is 0 Å². The lowest BCUT2D eigenvalue weighted by atomic mass is 9.72. The quantitative estimate of drug-likeness (QED) is 0.265. The molecule has 0 aliphatic heterocycles. The molecule has 0 spiro atoms. The highest BCUT2D eigenvalue weighted by Gasteiger charge is 2.26. The minimum Gasteiger partial charge on any atom is -0.0813 e. The molecule has 0 atom stereocenters. The van der Waals surface area contributed by atoms with E-state index in [2.05, 4.69) is 140 Å². The van der Waals surface area contributed by atoms with E-state index in [0.29, 0.717) is 5.41 Å². The average Bonchev–Trinajstić information content (AvgIpc) is 2.85. The van der Waals surface area contributed by atoms with Crippen molar-refractivity contribution in [2.75, 3.05) is 0 Å². The Labute approximate surface area is 228 Å². The van der Waals surface area contributed by atoms with Gasteiger partial charge in [-0.15, -0.1) is 0 Å². The van der Waals surface area contributed by atoms with E-state index in [1.807, 2.05) is 0 Å². The molecule has 0 bridgehead atoms. The van der Waals surface area contributed by atoms with E-state index in [1.54, 1.807) is 5.57 Å². The van der Waals surface area contributed by atoms with Crippen molar-refractivity contribution < 1.29 is 0 Å². The molecule has 198 valence electrons. The van der Waals surface area contributed by atoms with Crippen molar-refractivity contribution in [2.24, 2.45) is 5.41 Å². The maximum absolute atomic E-state index is 2.38. The van der Waals surface area contributed by atoms with E-state index in [-0.39, 0.29) is 0 Å². The van der Waals surface area contributed by atoms with Gasteiger partial charge in [0.15, 0.2) is 0 Å². The second kappa shape index (κ2) is 16.1. The molecule has 0 fully saturated rings. The molecule has 2 aliphatic carbocycles. The van der Waals surface area contributed by atoms with Gasteiger partial charge < -0.3 is 0 Å². The average molecular weight is 495 g/mol. The Morgan fingerprint density at radius 3 is 1.73 bits per heavy atom. The molecule has 0 heterocycles. The van der Waals surface area contributed by atoms with E-state index < -0.39 is 0 Å². The summed E-state index contributed by atoms with van der Waals surface area (Å²) in [5.74, 6) is 0. The van der Waals surface area contributed by atoms with Crippen LogP contribution in [0.25, 0.3) is 0 Å². The smallest absolute Gasteiger partial charge is 0.0104 e. The molecule has 0 heteroatoms. The van der Waals surface area contributed by atoms with Gasteiger partial charge in [-0.3, -0.25) is 0 Å². The van der Waals surface area contributed by atoms with Gasteiger partial charge in [0.25, 0.3) is 0 Å². The number of rotatable bonds is 10. The van der Waals surface area contributed by atoms with Crippen molar-refractivity contribution in [2.45, 2.75) is 93.4 Å². The fraction of sp³-hybridized carbons (Fsp3) is 0.405. The van der Waals surface area contributed by atoms with Crippen molar-refractivity contribution in [1.82, 2.24) is 0 Å². The molecule has 0 nitrogen and oxygen atoms in total. The fourth-order valence-electron chi connectivity index (χ4n) is 4.82. The molecular weight excluding hydrogens is 444 g/mol. The first-order valence-electron chi connectivity index (χ1n) is 14.1. The summed E-state index contributed by atoms with van der Waals surface area (Å²) in [6.45, 7) is 15.6. The van der Waals surface area contributed by atoms with E-state index in [1.165, 1.54) is 78.4 Å². The van der Waals surface area contributed by atoms with Crippen LogP contribution in [0.5, 0.6) is 0 Å². The zero-order valence-corrected chi connectivity index (χ0v) is 24.6. The standard InChI is InChI=1S/C37H50/c1-30(18-13-20-32(3)25-27-35-23-9-8-10-24-35)16-11-12-17-31(2)19-14-21-33(4)26-28-36-34(5)22-15-29-37(36,6)7/h11-14,16-21,23,25-28H,8-10,15,22,24,29H2,1-7H3/b12-11+,18-13+,19-14+,27-25+,28-26+,30-16+,31-17+,32-20+,33-21+. The molecule has 0 aromatic carbocycles. The summed E-state index contributed by atoms with van der Waals surface area (Å²) >= 11 is 0. The number of hydrogen-bond donors (Lipinski definition) is 0. The molecule has 2 aliphatic rings. The Balaban J connectivity index is 1.84. The summed E-state index contributed by atoms with van der Waals surface area (Å²) in [4.78, 5) is 0. The minimum atomic E-state index is 0.294. The highest BCUT2D eigenvalue weighted by atomic mass is 14.3. The van der Waals surface area contributed by atoms with Crippen molar-refractivity contribution in [3.8, 4) is 0 Å². The topological polar surface area (TPSA) is 0 Å². The Kier molecular flexibility index (Phi) is 13.2. The molecule has 0 aromatic rings. The van der Waals surface area contributed by atoms with Crippen LogP contribution >= 0.6 is 0 Å². The first-order chi connectivity index (χ1) is 17.7. The monoisotopic (exact) mass is 494 g/mol. The van der Waals surface area contributed by atoms with Crippen LogP contribution in [-0.4, -0.2) is 0 Å². The molecule has 0 aromatic heterocycles. The van der Waals surface area contributed by atoms with Gasteiger partial charge in [-0.2, -0.15) is 0 Å². The molecule has 0 saturated heterocycles. The number of hydrogen-bond acceptors (Lipinski definition) is 0. The summed E-state index contributed by atoms with van der Waals surface area (Å²) in [6.07, 6.45) is 41.9. The SMILES string of the molecule is CC1=C(/C=C/C(C)=C/C=C/C(C)=C/C=C/C=C(C)/C=C/C=C(C)/C=C/C2=CCCCC2)C(C)(C)CCC1. The third-order valence-corrected chi connectivity index (χ3v) is 7.21. The van der Waals surface area contributed by atoms with Crippen molar-refractivity contribution in [1.29, 1.82) is 0 Å². The normalized spacial score (nSPS) is 21.0. The van der Waals surface area contributed by atoms with E-state index >= 15 is 0 Å². The zero-order valence-electron chi connectivity index (χ0n) is 24.6. The third kappa shape index (κ3) is 12.3. The highest BCUT2D eigenvalue weighted by Crippen LogP contribution is 2.40. The molecule has 0 radical (unpaired) electrons. The first-order valence-corrected chi connectivity index (χ1v) is 14.1. The fourth-order valence-corrected chi connectivity index (χ4v) is 4.82. The van der Waals surface area contributed by atoms with Crippen LogP contribution in [0.15, 0.2) is 130 Å². The maximum Gasteiger partial charge on any atom is -0.0104 e. The largest absolute Gasteiger partial charge is 0.0813 e. The van der Waals surface area contributed by atoms with Crippen LogP contribution in [0, 0.1) is 5.41 Å². The van der Waals surface area contributed by atoms with Crippen LogP contribution in [0.3, 0.4) is 0 Å². The minimum absolute atomic E-state index is 0.294. The molecule has 0 N–H and O–H groups in total. The summed E-state index contributed by atoms with van der Waals surface area (Å²) < 4.78 is 0. The van der Waals surface area contributed by atoms with Crippen LogP contribution < -0.4 is 0 Å². The molecule has 0 amide bonds. The lowest BCUT2D eigenvalue weighted by Gasteiger charge is -2.32. The summed E-state index contributed by atoms with van der Waals surface area (Å²) in [7, 11) is 0. The van der Waals surface area contributed by atoms with Gasteiger partial charge in [-0.25, -0.2) is 0 Å². The summed E-state index contributed by atoms with van der Waals surface area (Å²) in [5, 5.41) is 0. The molecule has 37 heavy (non-hydrogen) atoms. The van der Waals surface area contributed by atoms with Crippen LogP contribution in [0.4, 0.5) is 0 Å². The van der Waals surface area contributed by atoms with Gasteiger partial charge in [0.05, 0.1) is 0 Å². The maximum atomic E-state index is 2.38. The van der Waals surface area contributed by atoms with Crippen LogP contribution in [0.2, 0.25) is 0 Å². The van der Waals surface area contributed by atoms with Gasteiger partial charge in [0, 0.05) is 0 Å². The van der Waals surface area contributed by atoms with Crippen LogP contribution in [0.1, 0.15) is 93.4 Å². The molecule has 0 unspecified atom stereocenters. The van der Waals surface area contributed by atoms with Gasteiger partial charge >= 0.3 is 0 Å². The van der Waals surface area contributed by atoms with Gasteiger partial charge in [-0.1, -0.05) is 138 Å². The van der Waals surface area contributed by atoms with Gasteiger partial charge in [0.2, 0.25) is 0 Å². The first kappa shape index (κ1) is 30.4. The molecule has 2 rings (SSSR count). The van der Waals surface area contributed by atoms with Gasteiger partial charge in [-0.05, 0) is 90.6 Å². The lowest BCUT2D eigenvalue weighted by Crippen LogP contribution is -2.19. The molecular formula is C37H50.